The molecule has 0 aromatic heterocycles. The van der Waals surface area contributed by atoms with Gasteiger partial charge in [-0.1, -0.05) is 40.2 Å². The number of hydrogen-bond donors (Lipinski definition) is 0. The highest BCUT2D eigenvalue weighted by atomic mass is 79.9. The van der Waals surface area contributed by atoms with Gasteiger partial charge in [0, 0.05) is 35.5 Å². The maximum absolute atomic E-state index is 10.7. The summed E-state index contributed by atoms with van der Waals surface area (Å²) in [7, 11) is 0. The minimum atomic E-state index is -0.446. The van der Waals surface area contributed by atoms with Gasteiger partial charge in [0.2, 0.25) is 0 Å². The summed E-state index contributed by atoms with van der Waals surface area (Å²) in [4.78, 5) is 20.4. The van der Waals surface area contributed by atoms with Gasteiger partial charge in [-0.2, -0.15) is 0 Å². The van der Waals surface area contributed by atoms with E-state index in [4.69, 9.17) is 0 Å². The van der Waals surface area contributed by atoms with Gasteiger partial charge in [-0.15, -0.1) is 0 Å². The summed E-state index contributed by atoms with van der Waals surface area (Å²) in [5.41, 5.74) is 1.89. The predicted octanol–water partition coefficient (Wildman–Crippen LogP) is 4.03. The molecule has 108 valence electrons. The molecule has 0 radical (unpaired) electrons. The molecule has 6 nitrogen and oxygen atoms in total. The van der Waals surface area contributed by atoms with E-state index in [-0.39, 0.29) is 17.3 Å². The molecule has 0 aliphatic rings. The van der Waals surface area contributed by atoms with Crippen LogP contribution < -0.4 is 0 Å². The Kier molecular flexibility index (Phi) is 4.64. The Bertz CT molecular complexity index is 598. The van der Waals surface area contributed by atoms with Gasteiger partial charge in [0.25, 0.3) is 11.4 Å². The number of halogens is 1. The fourth-order valence-electron chi connectivity index (χ4n) is 2.03. The lowest BCUT2D eigenvalue weighted by molar-refractivity contribution is -0.385. The molecular weight excluding hydrogens is 340 g/mol. The number of rotatable bonds is 5. The molecule has 0 fully saturated rings. The van der Waals surface area contributed by atoms with E-state index in [0.29, 0.717) is 5.33 Å². The van der Waals surface area contributed by atoms with Crippen molar-refractivity contribution >= 4 is 27.3 Å². The molecule has 0 aliphatic carbocycles. The van der Waals surface area contributed by atoms with E-state index in [0.717, 1.165) is 11.1 Å². The molecule has 0 saturated carbocycles. The first-order valence-corrected chi connectivity index (χ1v) is 7.19. The topological polar surface area (TPSA) is 86.3 Å². The molecule has 7 heteroatoms. The first kappa shape index (κ1) is 15.1. The van der Waals surface area contributed by atoms with Crippen LogP contribution in [-0.4, -0.2) is 15.2 Å². The summed E-state index contributed by atoms with van der Waals surface area (Å²) in [6.07, 6.45) is 0. The van der Waals surface area contributed by atoms with Gasteiger partial charge in [-0.05, 0) is 11.1 Å². The quantitative estimate of drug-likeness (QED) is 0.462. The minimum absolute atomic E-state index is 0.0217. The highest BCUT2D eigenvalue weighted by Gasteiger charge is 2.15. The summed E-state index contributed by atoms with van der Waals surface area (Å²) < 4.78 is 0. The Hall–Kier alpha value is -2.28. The zero-order chi connectivity index (χ0) is 15.4. The summed E-state index contributed by atoms with van der Waals surface area (Å²) in [5.74, 6) is -0.0217. The number of hydrogen-bond acceptors (Lipinski definition) is 4. The lowest BCUT2D eigenvalue weighted by Crippen LogP contribution is -2.03. The van der Waals surface area contributed by atoms with Gasteiger partial charge < -0.3 is 0 Å². The molecule has 2 aromatic rings. The van der Waals surface area contributed by atoms with Crippen LogP contribution in [0.2, 0.25) is 0 Å². The second-order valence-corrected chi connectivity index (χ2v) is 5.05. The molecule has 0 saturated heterocycles. The fourth-order valence-corrected chi connectivity index (χ4v) is 2.77. The van der Waals surface area contributed by atoms with Crippen molar-refractivity contribution in [3.05, 3.63) is 79.9 Å². The standard InChI is InChI=1S/C14H11BrN2O4/c15-9-14(10-1-5-12(6-2-10)16(18)19)11-3-7-13(8-4-11)17(20)21/h1-8,14H,9H2. The minimum Gasteiger partial charge on any atom is -0.258 e. The van der Waals surface area contributed by atoms with Gasteiger partial charge in [0.15, 0.2) is 0 Å². The number of nitrogens with zero attached hydrogens (tertiary/aromatic N) is 2. The van der Waals surface area contributed by atoms with Crippen molar-refractivity contribution in [2.45, 2.75) is 5.92 Å². The van der Waals surface area contributed by atoms with Crippen LogP contribution in [0.15, 0.2) is 48.5 Å². The van der Waals surface area contributed by atoms with E-state index in [9.17, 15) is 20.2 Å². The van der Waals surface area contributed by atoms with E-state index in [1.54, 1.807) is 24.3 Å². The third kappa shape index (κ3) is 3.43. The maximum atomic E-state index is 10.7. The average molecular weight is 351 g/mol. The van der Waals surface area contributed by atoms with Crippen molar-refractivity contribution in [1.82, 2.24) is 0 Å². The van der Waals surface area contributed by atoms with E-state index in [1.165, 1.54) is 24.3 Å². The van der Waals surface area contributed by atoms with Crippen LogP contribution in [0, 0.1) is 20.2 Å². The lowest BCUT2D eigenvalue weighted by atomic mass is 9.93. The highest BCUT2D eigenvalue weighted by molar-refractivity contribution is 9.09. The number of non-ortho nitro benzene ring substituents is 2. The van der Waals surface area contributed by atoms with Crippen molar-refractivity contribution in [3.63, 3.8) is 0 Å². The normalized spacial score (nSPS) is 10.6. The Morgan fingerprint density at radius 3 is 1.38 bits per heavy atom. The zero-order valence-corrected chi connectivity index (χ0v) is 12.4. The van der Waals surface area contributed by atoms with Crippen molar-refractivity contribution in [2.24, 2.45) is 0 Å². The smallest absolute Gasteiger partial charge is 0.258 e. The number of alkyl halides is 1. The molecule has 0 aliphatic heterocycles. The second-order valence-electron chi connectivity index (χ2n) is 4.40. The van der Waals surface area contributed by atoms with Gasteiger partial charge in [0.05, 0.1) is 9.85 Å². The molecule has 0 amide bonds. The van der Waals surface area contributed by atoms with E-state index < -0.39 is 9.85 Å². The fraction of sp³-hybridized carbons (Fsp3) is 0.143. The predicted molar refractivity (Wildman–Crippen MR) is 81.8 cm³/mol. The Labute approximate surface area is 128 Å². The van der Waals surface area contributed by atoms with E-state index >= 15 is 0 Å². The summed E-state index contributed by atoms with van der Waals surface area (Å²) in [5, 5.41) is 21.9. The summed E-state index contributed by atoms with van der Waals surface area (Å²) >= 11 is 3.42. The Morgan fingerprint density at radius 1 is 0.810 bits per heavy atom. The van der Waals surface area contributed by atoms with Crippen LogP contribution in [0.3, 0.4) is 0 Å². The maximum Gasteiger partial charge on any atom is 0.269 e. The molecule has 2 aromatic carbocycles. The van der Waals surface area contributed by atoms with Crippen LogP contribution in [-0.2, 0) is 0 Å². The summed E-state index contributed by atoms with van der Waals surface area (Å²) in [6.45, 7) is 0. The number of nitro groups is 2. The van der Waals surface area contributed by atoms with Crippen LogP contribution in [0.4, 0.5) is 11.4 Å². The first-order valence-electron chi connectivity index (χ1n) is 6.07. The third-order valence-corrected chi connectivity index (χ3v) is 3.81. The number of nitro benzene ring substituents is 2. The molecule has 0 heterocycles. The molecule has 0 spiro atoms. The first-order chi connectivity index (χ1) is 10.0. The highest BCUT2D eigenvalue weighted by Crippen LogP contribution is 2.29. The molecule has 0 bridgehead atoms. The lowest BCUT2D eigenvalue weighted by Gasteiger charge is -2.14. The van der Waals surface area contributed by atoms with Crippen molar-refractivity contribution < 1.29 is 9.85 Å². The molecule has 21 heavy (non-hydrogen) atoms. The van der Waals surface area contributed by atoms with Crippen LogP contribution in [0.5, 0.6) is 0 Å². The van der Waals surface area contributed by atoms with Gasteiger partial charge in [0.1, 0.15) is 0 Å². The molecular formula is C14H11BrN2O4. The Morgan fingerprint density at radius 2 is 1.14 bits per heavy atom. The molecule has 0 atom stereocenters. The average Bonchev–Trinajstić information content (AvgIpc) is 2.49. The van der Waals surface area contributed by atoms with Gasteiger partial charge >= 0.3 is 0 Å². The van der Waals surface area contributed by atoms with Gasteiger partial charge in [-0.3, -0.25) is 20.2 Å². The summed E-state index contributed by atoms with van der Waals surface area (Å²) in [6, 6.07) is 12.6. The van der Waals surface area contributed by atoms with Gasteiger partial charge in [-0.25, -0.2) is 0 Å². The molecule has 0 N–H and O–H groups in total. The number of benzene rings is 2. The van der Waals surface area contributed by atoms with Crippen molar-refractivity contribution in [1.29, 1.82) is 0 Å². The van der Waals surface area contributed by atoms with Crippen LogP contribution in [0.1, 0.15) is 17.0 Å². The van der Waals surface area contributed by atoms with Crippen molar-refractivity contribution in [2.75, 3.05) is 5.33 Å². The SMILES string of the molecule is O=[N+]([O-])c1ccc(C(CBr)c2ccc([N+](=O)[O-])cc2)cc1. The molecule has 0 unspecified atom stereocenters. The second kappa shape index (κ2) is 6.45. The van der Waals surface area contributed by atoms with E-state index in [2.05, 4.69) is 15.9 Å². The van der Waals surface area contributed by atoms with Crippen molar-refractivity contribution in [3.8, 4) is 0 Å². The zero-order valence-electron chi connectivity index (χ0n) is 10.8. The van der Waals surface area contributed by atoms with E-state index in [1.807, 2.05) is 0 Å². The largest absolute Gasteiger partial charge is 0.269 e. The van der Waals surface area contributed by atoms with Crippen LogP contribution in [0.25, 0.3) is 0 Å². The Balaban J connectivity index is 2.30. The molecule has 2 rings (SSSR count). The monoisotopic (exact) mass is 350 g/mol. The van der Waals surface area contributed by atoms with Crippen LogP contribution >= 0.6 is 15.9 Å². The third-order valence-electron chi connectivity index (χ3n) is 3.17.